The fourth-order valence-corrected chi connectivity index (χ4v) is 2.68. The van der Waals surface area contributed by atoms with Crippen molar-refractivity contribution in [2.45, 2.75) is 19.8 Å². The molecular weight excluding hydrogens is 402 g/mol. The lowest BCUT2D eigenvalue weighted by molar-refractivity contribution is 0.0950. The van der Waals surface area contributed by atoms with Crippen LogP contribution in [0, 0.1) is 0 Å². The first-order chi connectivity index (χ1) is 14.5. The molecule has 0 aliphatic heterocycles. The number of methoxy groups -OCH3 is 1. The van der Waals surface area contributed by atoms with Crippen molar-refractivity contribution in [3.8, 4) is 5.75 Å². The number of carbonyl (C=O) groups excluding carboxylic acids is 2. The van der Waals surface area contributed by atoms with Gasteiger partial charge in [0.15, 0.2) is 5.11 Å². The Morgan fingerprint density at radius 1 is 0.933 bits per heavy atom. The van der Waals surface area contributed by atoms with Gasteiger partial charge in [0.2, 0.25) is 0 Å². The van der Waals surface area contributed by atoms with Crippen LogP contribution in [-0.2, 0) is 4.74 Å². The van der Waals surface area contributed by atoms with E-state index in [4.69, 9.17) is 21.7 Å². The van der Waals surface area contributed by atoms with Gasteiger partial charge < -0.3 is 20.1 Å². The van der Waals surface area contributed by atoms with Crippen LogP contribution in [-0.4, -0.2) is 43.8 Å². The maximum Gasteiger partial charge on any atom is 0.257 e. The quantitative estimate of drug-likeness (QED) is 0.396. The minimum Gasteiger partial charge on any atom is -0.491 e. The number of hydrogen-bond acceptors (Lipinski definition) is 5. The molecule has 0 aliphatic rings. The highest BCUT2D eigenvalue weighted by Crippen LogP contribution is 2.13. The van der Waals surface area contributed by atoms with Gasteiger partial charge in [0, 0.05) is 30.5 Å². The van der Waals surface area contributed by atoms with Gasteiger partial charge in [0.1, 0.15) is 12.4 Å². The number of nitrogens with one attached hydrogen (secondary N) is 3. The minimum absolute atomic E-state index is 0.111. The maximum absolute atomic E-state index is 12.3. The average molecular weight is 430 g/mol. The van der Waals surface area contributed by atoms with Crippen LogP contribution in [0.5, 0.6) is 5.75 Å². The Morgan fingerprint density at radius 2 is 1.57 bits per heavy atom. The highest BCUT2D eigenvalue weighted by Gasteiger charge is 2.09. The highest BCUT2D eigenvalue weighted by atomic mass is 32.1. The van der Waals surface area contributed by atoms with Crippen molar-refractivity contribution in [3.63, 3.8) is 0 Å². The third-order valence-corrected chi connectivity index (χ3v) is 4.32. The van der Waals surface area contributed by atoms with Crippen LogP contribution in [0.4, 0.5) is 5.69 Å². The van der Waals surface area contributed by atoms with E-state index in [1.54, 1.807) is 55.6 Å². The molecule has 2 rings (SSSR count). The molecule has 0 aromatic heterocycles. The molecule has 0 aliphatic carbocycles. The lowest BCUT2D eigenvalue weighted by Crippen LogP contribution is -2.34. The second kappa shape index (κ2) is 12.6. The van der Waals surface area contributed by atoms with Crippen LogP contribution >= 0.6 is 12.2 Å². The third-order valence-electron chi connectivity index (χ3n) is 4.12. The monoisotopic (exact) mass is 429 g/mol. The van der Waals surface area contributed by atoms with E-state index in [0.29, 0.717) is 42.3 Å². The fraction of sp³-hybridized carbons (Fsp3) is 0.318. The van der Waals surface area contributed by atoms with Gasteiger partial charge in [0.05, 0.1) is 6.61 Å². The fourth-order valence-electron chi connectivity index (χ4n) is 2.47. The summed E-state index contributed by atoms with van der Waals surface area (Å²) in [7, 11) is 1.60. The number of hydrogen-bond donors (Lipinski definition) is 3. The summed E-state index contributed by atoms with van der Waals surface area (Å²) in [5, 5.41) is 8.60. The summed E-state index contributed by atoms with van der Waals surface area (Å²) in [6.45, 7) is 3.66. The van der Waals surface area contributed by atoms with Gasteiger partial charge in [-0.3, -0.25) is 14.9 Å². The zero-order valence-corrected chi connectivity index (χ0v) is 18.0. The van der Waals surface area contributed by atoms with E-state index < -0.39 is 0 Å². The predicted octanol–water partition coefficient (Wildman–Crippen LogP) is 3.37. The molecule has 0 radical (unpaired) electrons. The molecular formula is C22H27N3O4S. The zero-order valence-electron chi connectivity index (χ0n) is 17.2. The molecule has 30 heavy (non-hydrogen) atoms. The van der Waals surface area contributed by atoms with Crippen molar-refractivity contribution in [2.24, 2.45) is 0 Å². The third kappa shape index (κ3) is 7.81. The standard InChI is InChI=1S/C22H27N3O4S/c1-3-4-13-23-20(26)16-5-9-18(10-6-16)24-22(30)25-21(27)17-7-11-19(12-8-17)29-15-14-28-2/h5-12H,3-4,13-15H2,1-2H3,(H,23,26)(H2,24,25,27,30). The minimum atomic E-state index is -0.331. The number of thiocarbonyl (C=S) groups is 1. The normalized spacial score (nSPS) is 10.2. The van der Waals surface area contributed by atoms with E-state index in [0.717, 1.165) is 12.8 Å². The van der Waals surface area contributed by atoms with E-state index in [2.05, 4.69) is 22.9 Å². The SMILES string of the molecule is CCCCNC(=O)c1ccc(NC(=S)NC(=O)c2ccc(OCCOC)cc2)cc1. The lowest BCUT2D eigenvalue weighted by atomic mass is 10.2. The van der Waals surface area contributed by atoms with Gasteiger partial charge in [-0.2, -0.15) is 0 Å². The molecule has 0 saturated carbocycles. The van der Waals surface area contributed by atoms with Crippen molar-refractivity contribution in [3.05, 3.63) is 59.7 Å². The molecule has 0 unspecified atom stereocenters. The smallest absolute Gasteiger partial charge is 0.257 e. The molecule has 3 N–H and O–H groups in total. The van der Waals surface area contributed by atoms with Crippen molar-refractivity contribution in [1.82, 2.24) is 10.6 Å². The lowest BCUT2D eigenvalue weighted by Gasteiger charge is -2.11. The topological polar surface area (TPSA) is 88.7 Å². The summed E-state index contributed by atoms with van der Waals surface area (Å²) in [6, 6.07) is 13.6. The van der Waals surface area contributed by atoms with Gasteiger partial charge in [-0.1, -0.05) is 13.3 Å². The molecule has 0 fully saturated rings. The second-order valence-electron chi connectivity index (χ2n) is 6.46. The number of unbranched alkanes of at least 4 members (excludes halogenated alkanes) is 1. The van der Waals surface area contributed by atoms with Crippen molar-refractivity contribution < 1.29 is 19.1 Å². The first-order valence-corrected chi connectivity index (χ1v) is 10.2. The van der Waals surface area contributed by atoms with Crippen molar-refractivity contribution in [1.29, 1.82) is 0 Å². The summed E-state index contributed by atoms with van der Waals surface area (Å²) >= 11 is 5.20. The van der Waals surface area contributed by atoms with Gasteiger partial charge in [-0.15, -0.1) is 0 Å². The Hall–Kier alpha value is -2.97. The van der Waals surface area contributed by atoms with E-state index in [9.17, 15) is 9.59 Å². The van der Waals surface area contributed by atoms with Gasteiger partial charge >= 0.3 is 0 Å². The summed E-state index contributed by atoms with van der Waals surface area (Å²) in [6.07, 6.45) is 1.97. The van der Waals surface area contributed by atoms with E-state index in [-0.39, 0.29) is 16.9 Å². The van der Waals surface area contributed by atoms with Crippen LogP contribution in [0.2, 0.25) is 0 Å². The molecule has 0 bridgehead atoms. The molecule has 160 valence electrons. The molecule has 2 aromatic carbocycles. The number of rotatable bonds is 10. The van der Waals surface area contributed by atoms with Crippen LogP contribution < -0.4 is 20.7 Å². The molecule has 8 heteroatoms. The van der Waals surface area contributed by atoms with E-state index in [1.807, 2.05) is 0 Å². The van der Waals surface area contributed by atoms with Crippen LogP contribution in [0.15, 0.2) is 48.5 Å². The maximum atomic E-state index is 12.3. The zero-order chi connectivity index (χ0) is 21.8. The Bertz CT molecular complexity index is 838. The van der Waals surface area contributed by atoms with Gasteiger partial charge in [-0.25, -0.2) is 0 Å². The second-order valence-corrected chi connectivity index (χ2v) is 6.87. The number of benzene rings is 2. The Balaban J connectivity index is 1.83. The summed E-state index contributed by atoms with van der Waals surface area (Å²) < 4.78 is 10.4. The van der Waals surface area contributed by atoms with Crippen LogP contribution in [0.3, 0.4) is 0 Å². The number of anilines is 1. The van der Waals surface area contributed by atoms with Gasteiger partial charge in [-0.05, 0) is 67.2 Å². The molecule has 0 heterocycles. The first kappa shape index (κ1) is 23.3. The van der Waals surface area contributed by atoms with E-state index >= 15 is 0 Å². The van der Waals surface area contributed by atoms with Gasteiger partial charge in [0.25, 0.3) is 11.8 Å². The van der Waals surface area contributed by atoms with E-state index in [1.165, 1.54) is 0 Å². The number of carbonyl (C=O) groups is 2. The molecule has 7 nitrogen and oxygen atoms in total. The van der Waals surface area contributed by atoms with Crippen LogP contribution in [0.1, 0.15) is 40.5 Å². The highest BCUT2D eigenvalue weighted by molar-refractivity contribution is 7.80. The molecule has 0 atom stereocenters. The van der Waals surface area contributed by atoms with Crippen molar-refractivity contribution >= 4 is 34.8 Å². The summed E-state index contributed by atoms with van der Waals surface area (Å²) in [4.78, 5) is 24.4. The largest absolute Gasteiger partial charge is 0.491 e. The Morgan fingerprint density at radius 3 is 2.20 bits per heavy atom. The average Bonchev–Trinajstić information content (AvgIpc) is 2.75. The Labute approximate surface area is 182 Å². The molecule has 0 spiro atoms. The Kier molecular flexibility index (Phi) is 9.76. The number of amides is 2. The summed E-state index contributed by atoms with van der Waals surface area (Å²) in [5.74, 6) is 0.214. The van der Waals surface area contributed by atoms with Crippen LogP contribution in [0.25, 0.3) is 0 Å². The molecule has 2 aromatic rings. The summed E-state index contributed by atoms with van der Waals surface area (Å²) in [5.41, 5.74) is 1.70. The molecule has 2 amide bonds. The van der Waals surface area contributed by atoms with Crippen molar-refractivity contribution in [2.75, 3.05) is 32.2 Å². The molecule has 0 saturated heterocycles. The number of ether oxygens (including phenoxy) is 2. The first-order valence-electron chi connectivity index (χ1n) is 9.76. The predicted molar refractivity (Wildman–Crippen MR) is 121 cm³/mol.